The minimum absolute atomic E-state index is 0.173. The molecule has 0 N–H and O–H groups in total. The molecule has 10 heteroatoms. The maximum absolute atomic E-state index is 13.4. The van der Waals surface area contributed by atoms with Gasteiger partial charge in [0.1, 0.15) is 6.61 Å². The van der Waals surface area contributed by atoms with Gasteiger partial charge in [0, 0.05) is 13.1 Å². The van der Waals surface area contributed by atoms with Crippen LogP contribution in [-0.2, 0) is 16.1 Å². The Bertz CT molecular complexity index is 1170. The molecule has 3 aromatic rings. The highest BCUT2D eigenvalue weighted by atomic mass is 35.5. The van der Waals surface area contributed by atoms with Crippen molar-refractivity contribution in [3.63, 3.8) is 0 Å². The molecule has 0 unspecified atom stereocenters. The van der Waals surface area contributed by atoms with Crippen LogP contribution >= 0.6 is 23.2 Å². The van der Waals surface area contributed by atoms with Crippen LogP contribution in [0.25, 0.3) is 16.8 Å². The van der Waals surface area contributed by atoms with Crippen molar-refractivity contribution in [1.29, 1.82) is 0 Å². The van der Waals surface area contributed by atoms with Gasteiger partial charge in [0.05, 0.1) is 42.6 Å². The number of aromatic nitrogens is 2. The smallest absolute Gasteiger partial charge is 0.303 e. The number of pyridine rings is 1. The second kappa shape index (κ2) is 8.81. The number of ether oxygens (including phenoxy) is 4. The Kier molecular flexibility index (Phi) is 6.38. The fraction of sp³-hybridized carbons (Fsp3) is 0.250. The average Bonchev–Trinajstić information content (AvgIpc) is 2.71. The molecule has 8 nitrogen and oxygen atoms in total. The molecule has 0 fully saturated rings. The van der Waals surface area contributed by atoms with Crippen molar-refractivity contribution < 1.29 is 23.7 Å². The molecule has 3 rings (SSSR count). The molecule has 0 amide bonds. The number of fused-ring (bicyclic) bond motifs is 1. The van der Waals surface area contributed by atoms with E-state index in [1.165, 1.54) is 44.9 Å². The fourth-order valence-corrected chi connectivity index (χ4v) is 3.52. The van der Waals surface area contributed by atoms with Crippen molar-refractivity contribution in [2.45, 2.75) is 13.5 Å². The molecule has 0 radical (unpaired) electrons. The van der Waals surface area contributed by atoms with Crippen molar-refractivity contribution in [3.8, 4) is 28.4 Å². The van der Waals surface area contributed by atoms with E-state index in [1.807, 2.05) is 0 Å². The number of rotatable bonds is 6. The lowest BCUT2D eigenvalue weighted by molar-refractivity contribution is -0.142. The van der Waals surface area contributed by atoms with Gasteiger partial charge < -0.3 is 18.9 Å². The van der Waals surface area contributed by atoms with Crippen LogP contribution in [0.4, 0.5) is 0 Å². The van der Waals surface area contributed by atoms with Crippen LogP contribution in [0.3, 0.4) is 0 Å². The second-order valence-electron chi connectivity index (χ2n) is 6.13. The third-order valence-electron chi connectivity index (χ3n) is 4.29. The molecule has 158 valence electrons. The van der Waals surface area contributed by atoms with Gasteiger partial charge in [-0.25, -0.2) is 4.98 Å². The van der Waals surface area contributed by atoms with Crippen LogP contribution in [0.1, 0.15) is 12.6 Å². The van der Waals surface area contributed by atoms with Crippen LogP contribution in [0.15, 0.2) is 29.2 Å². The predicted octanol–water partition coefficient (Wildman–Crippen LogP) is 3.76. The summed E-state index contributed by atoms with van der Waals surface area (Å²) in [6.07, 6.45) is 1.41. The molecule has 0 atom stereocenters. The Hall–Kier alpha value is -2.97. The van der Waals surface area contributed by atoms with E-state index in [0.717, 1.165) is 0 Å². The van der Waals surface area contributed by atoms with Gasteiger partial charge in [0.2, 0.25) is 5.75 Å². The van der Waals surface area contributed by atoms with Gasteiger partial charge in [0.15, 0.2) is 17.1 Å². The van der Waals surface area contributed by atoms with E-state index >= 15 is 0 Å². The third-order valence-corrected chi connectivity index (χ3v) is 4.77. The molecule has 0 aliphatic carbocycles. The van der Waals surface area contributed by atoms with Crippen LogP contribution in [0.5, 0.6) is 17.2 Å². The van der Waals surface area contributed by atoms with Crippen LogP contribution in [0.2, 0.25) is 10.0 Å². The third kappa shape index (κ3) is 4.01. The van der Waals surface area contributed by atoms with Crippen LogP contribution < -0.4 is 19.8 Å². The summed E-state index contributed by atoms with van der Waals surface area (Å²) in [5.41, 5.74) is 0.542. The molecular formula is C20H18Cl2N2O6. The molecule has 0 spiro atoms. The Balaban J connectivity index is 2.38. The van der Waals surface area contributed by atoms with Gasteiger partial charge in [-0.05, 0) is 23.8 Å². The first-order chi connectivity index (χ1) is 14.3. The number of methoxy groups -OCH3 is 3. The summed E-state index contributed by atoms with van der Waals surface area (Å²) in [6.45, 7) is 1.03. The highest BCUT2D eigenvalue weighted by Gasteiger charge is 2.22. The first-order valence-electron chi connectivity index (χ1n) is 8.64. The molecule has 0 saturated carbocycles. The summed E-state index contributed by atoms with van der Waals surface area (Å²) in [7, 11) is 4.40. The van der Waals surface area contributed by atoms with Gasteiger partial charge in [-0.15, -0.1) is 0 Å². The van der Waals surface area contributed by atoms with E-state index < -0.39 is 11.5 Å². The van der Waals surface area contributed by atoms with Crippen LogP contribution in [0, 0.1) is 0 Å². The lowest BCUT2D eigenvalue weighted by Gasteiger charge is -2.16. The molecule has 2 heterocycles. The van der Waals surface area contributed by atoms with Crippen molar-refractivity contribution in [3.05, 3.63) is 50.5 Å². The van der Waals surface area contributed by atoms with Gasteiger partial charge >= 0.3 is 5.97 Å². The zero-order valence-corrected chi connectivity index (χ0v) is 18.1. The molecule has 2 aromatic heterocycles. The number of nitrogens with zero attached hydrogens (tertiary/aromatic N) is 2. The van der Waals surface area contributed by atoms with Crippen molar-refractivity contribution in [1.82, 2.24) is 9.38 Å². The normalized spacial score (nSPS) is 10.7. The zero-order valence-electron chi connectivity index (χ0n) is 16.6. The first-order valence-corrected chi connectivity index (χ1v) is 9.40. The standard InChI is InChI=1S/C20H18Cl2N2O6/c1-10(25)30-9-14-17(11-5-15(27-2)18(29-4)16(6-11)28-3)20(26)24-8-12(21)7-13(22)19(24)23-14/h5-8H,9H2,1-4H3. The lowest BCUT2D eigenvalue weighted by atomic mass is 10.0. The maximum atomic E-state index is 13.4. The number of carbonyl (C=O) groups excluding carboxylic acids is 1. The summed E-state index contributed by atoms with van der Waals surface area (Å²) < 4.78 is 22.4. The Morgan fingerprint density at radius 1 is 1.07 bits per heavy atom. The van der Waals surface area contributed by atoms with Gasteiger partial charge in [-0.3, -0.25) is 14.0 Å². The molecular weight excluding hydrogens is 435 g/mol. The number of esters is 1. The first kappa shape index (κ1) is 21.7. The average molecular weight is 453 g/mol. The van der Waals surface area contributed by atoms with Crippen molar-refractivity contribution >= 4 is 34.8 Å². The zero-order chi connectivity index (χ0) is 22.0. The lowest BCUT2D eigenvalue weighted by Crippen LogP contribution is -2.21. The van der Waals surface area contributed by atoms with E-state index in [9.17, 15) is 9.59 Å². The van der Waals surface area contributed by atoms with Gasteiger partial charge in [-0.1, -0.05) is 23.2 Å². The Labute approximate surface area is 181 Å². The number of carbonyl (C=O) groups is 1. The van der Waals surface area contributed by atoms with E-state index in [1.54, 1.807) is 12.1 Å². The summed E-state index contributed by atoms with van der Waals surface area (Å²) in [6, 6.07) is 4.69. The summed E-state index contributed by atoms with van der Waals surface area (Å²) in [5.74, 6) is 0.540. The quantitative estimate of drug-likeness (QED) is 0.526. The van der Waals surface area contributed by atoms with Crippen LogP contribution in [-0.4, -0.2) is 36.7 Å². The van der Waals surface area contributed by atoms with Crippen molar-refractivity contribution in [2.24, 2.45) is 0 Å². The molecule has 1 aromatic carbocycles. The van der Waals surface area contributed by atoms with E-state index in [-0.39, 0.29) is 33.6 Å². The highest BCUT2D eigenvalue weighted by Crippen LogP contribution is 2.41. The number of benzene rings is 1. The fourth-order valence-electron chi connectivity index (χ4n) is 3.00. The largest absolute Gasteiger partial charge is 0.493 e. The monoisotopic (exact) mass is 452 g/mol. The highest BCUT2D eigenvalue weighted by molar-refractivity contribution is 6.36. The Morgan fingerprint density at radius 3 is 2.23 bits per heavy atom. The predicted molar refractivity (Wildman–Crippen MR) is 112 cm³/mol. The van der Waals surface area contributed by atoms with Gasteiger partial charge in [-0.2, -0.15) is 0 Å². The number of hydrogen-bond acceptors (Lipinski definition) is 7. The SMILES string of the molecule is COc1cc(-c2c(COC(C)=O)nc3c(Cl)cc(Cl)cn3c2=O)cc(OC)c1OC. The molecule has 0 aliphatic rings. The minimum Gasteiger partial charge on any atom is -0.493 e. The van der Waals surface area contributed by atoms with Gasteiger partial charge in [0.25, 0.3) is 5.56 Å². The van der Waals surface area contributed by atoms with E-state index in [0.29, 0.717) is 22.8 Å². The molecule has 30 heavy (non-hydrogen) atoms. The summed E-state index contributed by atoms with van der Waals surface area (Å²) in [4.78, 5) is 29.2. The Morgan fingerprint density at radius 2 is 1.70 bits per heavy atom. The van der Waals surface area contributed by atoms with Crippen molar-refractivity contribution in [2.75, 3.05) is 21.3 Å². The topological polar surface area (TPSA) is 88.4 Å². The van der Waals surface area contributed by atoms with E-state index in [2.05, 4.69) is 4.98 Å². The second-order valence-corrected chi connectivity index (χ2v) is 6.98. The summed E-state index contributed by atoms with van der Waals surface area (Å²) in [5, 5.41) is 0.445. The number of halogens is 2. The molecule has 0 saturated heterocycles. The molecule has 0 aliphatic heterocycles. The van der Waals surface area contributed by atoms with E-state index in [4.69, 9.17) is 42.1 Å². The number of hydrogen-bond donors (Lipinski definition) is 0. The summed E-state index contributed by atoms with van der Waals surface area (Å²) >= 11 is 12.3. The minimum atomic E-state index is -0.518. The molecule has 0 bridgehead atoms. The maximum Gasteiger partial charge on any atom is 0.303 e.